The Bertz CT molecular complexity index is 2640. The first-order valence-corrected chi connectivity index (χ1v) is 22.1. The van der Waals surface area contributed by atoms with E-state index in [0.29, 0.717) is 25.7 Å². The zero-order chi connectivity index (χ0) is 39.4. The summed E-state index contributed by atoms with van der Waals surface area (Å²) in [7, 11) is 0. The van der Waals surface area contributed by atoms with E-state index in [0.717, 1.165) is 94.9 Å². The lowest BCUT2D eigenvalue weighted by molar-refractivity contribution is -0.142. The van der Waals surface area contributed by atoms with Crippen LogP contribution in [0.2, 0.25) is 0 Å². The summed E-state index contributed by atoms with van der Waals surface area (Å²) >= 11 is 5.81. The molecule has 2 atom stereocenters. The van der Waals surface area contributed by atoms with Gasteiger partial charge in [-0.2, -0.15) is 0 Å². The molecule has 4 N–H and O–H groups in total. The van der Waals surface area contributed by atoms with Crippen LogP contribution < -0.4 is 16.0 Å². The number of amides is 1. The zero-order valence-electron chi connectivity index (χ0n) is 31.0. The number of nitrogens with zero attached hydrogens (tertiary/aromatic N) is 4. The fourth-order valence-electron chi connectivity index (χ4n) is 7.90. The number of carboxylic acid groups (broad SMARTS) is 1. The molecule has 0 bridgehead atoms. The Labute approximate surface area is 344 Å². The Balaban J connectivity index is 0.000000149. The molecule has 2 aliphatic carbocycles. The van der Waals surface area contributed by atoms with Gasteiger partial charge in [-0.1, -0.05) is 35.7 Å². The molecular formula is C41H37N7O5S4. The summed E-state index contributed by atoms with van der Waals surface area (Å²) in [5.74, 6) is 0.637. The van der Waals surface area contributed by atoms with E-state index < -0.39 is 5.97 Å². The number of aryl methyl sites for hydroxylation is 2. The van der Waals surface area contributed by atoms with Crippen molar-refractivity contribution in [2.45, 2.75) is 81.0 Å². The van der Waals surface area contributed by atoms with Gasteiger partial charge in [-0.25, -0.2) is 19.9 Å². The minimum atomic E-state index is -0.729. The smallest absolute Gasteiger partial charge is 0.306 e. The van der Waals surface area contributed by atoms with Gasteiger partial charge in [0, 0.05) is 55.7 Å². The Morgan fingerprint density at radius 1 is 0.719 bits per heavy atom. The van der Waals surface area contributed by atoms with Crippen molar-refractivity contribution in [1.29, 1.82) is 0 Å². The monoisotopic (exact) mass is 835 g/mol. The minimum absolute atomic E-state index is 0.0172. The SMILES string of the molecule is CC(C)NC(=O)C1CCc2c(sc3ncnc(Nc4ccc5c(c4)SC(=O)C5)c23)C1.O=C1Cc2ccc(Nc3ncnc4sc5c(c34)CCC(C(=O)O)C5)cc2S1. The van der Waals surface area contributed by atoms with E-state index in [4.69, 9.17) is 0 Å². The van der Waals surface area contributed by atoms with Crippen LogP contribution in [-0.2, 0) is 57.7 Å². The van der Waals surface area contributed by atoms with Crippen LogP contribution in [0.15, 0.2) is 58.8 Å². The maximum Gasteiger partial charge on any atom is 0.306 e. The molecule has 10 rings (SSSR count). The fraction of sp³-hybridized carbons (Fsp3) is 0.317. The largest absolute Gasteiger partial charge is 0.481 e. The number of thioether (sulfide) groups is 2. The molecule has 0 saturated carbocycles. The van der Waals surface area contributed by atoms with Crippen molar-refractivity contribution >= 4 is 112 Å². The molecule has 1 amide bonds. The summed E-state index contributed by atoms with van der Waals surface area (Å²) in [5.41, 5.74) is 6.38. The second-order valence-corrected chi connectivity index (χ2v) is 19.3. The Hall–Kier alpha value is -4.90. The molecule has 16 heteroatoms. The zero-order valence-corrected chi connectivity index (χ0v) is 34.3. The molecule has 57 heavy (non-hydrogen) atoms. The quantitative estimate of drug-likeness (QED) is 0.122. The fourth-order valence-corrected chi connectivity index (χ4v) is 12.3. The average molecular weight is 836 g/mol. The summed E-state index contributed by atoms with van der Waals surface area (Å²) in [5, 5.41) is 21.6. The van der Waals surface area contributed by atoms with E-state index in [9.17, 15) is 24.3 Å². The maximum absolute atomic E-state index is 12.5. The number of anilines is 4. The first-order chi connectivity index (χ1) is 27.6. The summed E-state index contributed by atoms with van der Waals surface area (Å²) in [6, 6.07) is 12.1. The van der Waals surface area contributed by atoms with E-state index in [1.807, 2.05) is 50.2 Å². The summed E-state index contributed by atoms with van der Waals surface area (Å²) in [6.07, 6.45) is 8.47. The van der Waals surface area contributed by atoms with Crippen LogP contribution in [0.1, 0.15) is 58.7 Å². The van der Waals surface area contributed by atoms with Gasteiger partial charge in [0.15, 0.2) is 10.2 Å². The summed E-state index contributed by atoms with van der Waals surface area (Å²) in [4.78, 5) is 71.2. The molecule has 0 radical (unpaired) electrons. The van der Waals surface area contributed by atoms with Gasteiger partial charge >= 0.3 is 5.97 Å². The molecule has 0 fully saturated rings. The number of benzene rings is 2. The van der Waals surface area contributed by atoms with Crippen molar-refractivity contribution < 1.29 is 24.3 Å². The lowest BCUT2D eigenvalue weighted by Gasteiger charge is -2.22. The normalized spacial score (nSPS) is 18.1. The molecule has 6 aromatic rings. The van der Waals surface area contributed by atoms with Crippen molar-refractivity contribution in [2.24, 2.45) is 11.8 Å². The molecule has 2 aliphatic heterocycles. The number of hydrogen-bond acceptors (Lipinski definition) is 14. The number of carbonyl (C=O) groups is 4. The highest BCUT2D eigenvalue weighted by atomic mass is 32.2. The Kier molecular flexibility index (Phi) is 10.2. The van der Waals surface area contributed by atoms with E-state index in [1.54, 1.807) is 29.0 Å². The molecule has 12 nitrogen and oxygen atoms in total. The van der Waals surface area contributed by atoms with Crippen LogP contribution in [0.3, 0.4) is 0 Å². The van der Waals surface area contributed by atoms with Gasteiger partial charge in [-0.05, 0) is 98.9 Å². The van der Waals surface area contributed by atoms with Crippen LogP contribution in [0, 0.1) is 11.8 Å². The number of fused-ring (bicyclic) bond motifs is 8. The predicted octanol–water partition coefficient (Wildman–Crippen LogP) is 8.04. The van der Waals surface area contributed by atoms with Crippen LogP contribution in [0.4, 0.5) is 23.0 Å². The average Bonchev–Trinajstić information content (AvgIpc) is 3.95. The van der Waals surface area contributed by atoms with Gasteiger partial charge < -0.3 is 21.1 Å². The van der Waals surface area contributed by atoms with Gasteiger partial charge in [-0.3, -0.25) is 19.2 Å². The van der Waals surface area contributed by atoms with Crippen LogP contribution in [0.5, 0.6) is 0 Å². The van der Waals surface area contributed by atoms with Crippen LogP contribution >= 0.6 is 46.2 Å². The minimum Gasteiger partial charge on any atom is -0.481 e. The van der Waals surface area contributed by atoms with Gasteiger partial charge in [-0.15, -0.1) is 22.7 Å². The van der Waals surface area contributed by atoms with Crippen molar-refractivity contribution in [3.05, 3.63) is 81.1 Å². The van der Waals surface area contributed by atoms with Crippen LogP contribution in [0.25, 0.3) is 20.4 Å². The molecule has 2 unspecified atom stereocenters. The molecule has 290 valence electrons. The number of thiophene rings is 2. The van der Waals surface area contributed by atoms with Gasteiger partial charge in [0.2, 0.25) is 5.91 Å². The Morgan fingerprint density at radius 3 is 1.70 bits per heavy atom. The molecule has 4 aromatic heterocycles. The third-order valence-electron chi connectivity index (χ3n) is 10.6. The Morgan fingerprint density at radius 2 is 1.21 bits per heavy atom. The van der Waals surface area contributed by atoms with E-state index >= 15 is 0 Å². The van der Waals surface area contributed by atoms with Crippen molar-refractivity contribution in [2.75, 3.05) is 10.6 Å². The molecular weight excluding hydrogens is 799 g/mol. The number of nitrogens with one attached hydrogen (secondary N) is 3. The van der Waals surface area contributed by atoms with E-state index in [2.05, 4.69) is 35.9 Å². The number of aliphatic carboxylic acids is 1. The lowest BCUT2D eigenvalue weighted by atomic mass is 9.87. The predicted molar refractivity (Wildman–Crippen MR) is 225 cm³/mol. The number of aromatic nitrogens is 4. The molecule has 4 aliphatic rings. The van der Waals surface area contributed by atoms with Gasteiger partial charge in [0.25, 0.3) is 0 Å². The first kappa shape index (κ1) is 37.7. The molecule has 2 aromatic carbocycles. The van der Waals surface area contributed by atoms with E-state index in [-0.39, 0.29) is 34.0 Å². The summed E-state index contributed by atoms with van der Waals surface area (Å²) in [6.45, 7) is 3.99. The van der Waals surface area contributed by atoms with E-state index in [1.165, 1.54) is 45.9 Å². The molecule has 0 saturated heterocycles. The highest BCUT2D eigenvalue weighted by molar-refractivity contribution is 8.14. The van der Waals surface area contributed by atoms with Crippen molar-refractivity contribution in [1.82, 2.24) is 25.3 Å². The highest BCUT2D eigenvalue weighted by Crippen LogP contribution is 2.43. The number of rotatable bonds is 7. The number of carboxylic acids is 1. The third kappa shape index (κ3) is 7.63. The second-order valence-electron chi connectivity index (χ2n) is 14.9. The van der Waals surface area contributed by atoms with Gasteiger partial charge in [0.1, 0.15) is 34.0 Å². The molecule has 6 heterocycles. The first-order valence-electron chi connectivity index (χ1n) is 18.8. The highest BCUT2D eigenvalue weighted by Gasteiger charge is 2.31. The number of hydrogen-bond donors (Lipinski definition) is 4. The maximum atomic E-state index is 12.5. The second kappa shape index (κ2) is 15.5. The van der Waals surface area contributed by atoms with Gasteiger partial charge in [0.05, 0.1) is 16.7 Å². The van der Waals surface area contributed by atoms with Crippen molar-refractivity contribution in [3.63, 3.8) is 0 Å². The lowest BCUT2D eigenvalue weighted by Crippen LogP contribution is -2.37. The van der Waals surface area contributed by atoms with Crippen molar-refractivity contribution in [3.8, 4) is 0 Å². The standard InChI is InChI=1S/C22H22N4O2S2.C19H15N3O3S2/c1-11(2)25-21(28)13-4-6-15-17(7-13)30-22-19(15)20(23-10-24-22)26-14-5-3-12-8-18(27)29-16(12)9-14;23-15-6-9-1-3-11(7-13(9)26-15)22-17-16-12-4-2-10(19(24)25)5-14(12)27-18(16)21-8-20-17/h3,5,9-11,13H,4,6-8H2,1-2H3,(H,25,28)(H,23,24,26);1,3,7-8,10H,2,4-6H2,(H,24,25)(H,20,21,22). The topological polar surface area (TPSA) is 176 Å². The summed E-state index contributed by atoms with van der Waals surface area (Å²) < 4.78 is 0. The van der Waals surface area contributed by atoms with Crippen LogP contribution in [-0.4, -0.2) is 53.2 Å². The number of carbonyl (C=O) groups excluding carboxylic acids is 3. The molecule has 0 spiro atoms. The third-order valence-corrected chi connectivity index (χ3v) is 14.9.